The molecule has 2 aliphatic rings. The van der Waals surface area contributed by atoms with Crippen molar-refractivity contribution in [3.05, 3.63) is 34.6 Å². The first kappa shape index (κ1) is 20.5. The second-order valence-electron chi connectivity index (χ2n) is 8.81. The van der Waals surface area contributed by atoms with E-state index in [1.165, 1.54) is 0 Å². The van der Waals surface area contributed by atoms with E-state index in [1.54, 1.807) is 22.9 Å². The number of nitrogens with zero attached hydrogens (tertiary/aromatic N) is 5. The lowest BCUT2D eigenvalue weighted by Crippen LogP contribution is -2.38. The molecule has 0 radical (unpaired) electrons. The van der Waals surface area contributed by atoms with Crippen LogP contribution in [0, 0.1) is 12.8 Å². The van der Waals surface area contributed by atoms with Gasteiger partial charge in [0, 0.05) is 43.3 Å². The molecule has 1 fully saturated rings. The molecular formula is C22H29N5O3. The average molecular weight is 412 g/mol. The number of aryl methyl sites for hydroxylation is 1. The number of amides is 2. The van der Waals surface area contributed by atoms with Crippen LogP contribution in [0.5, 0.6) is 0 Å². The molecule has 0 saturated heterocycles. The third-order valence-electron chi connectivity index (χ3n) is 5.77. The van der Waals surface area contributed by atoms with Gasteiger partial charge >= 0.3 is 0 Å². The topological polar surface area (TPSA) is 92.4 Å². The Morgan fingerprint density at radius 1 is 1.30 bits per heavy atom. The summed E-state index contributed by atoms with van der Waals surface area (Å²) in [5, 5.41) is 3.93. The van der Waals surface area contributed by atoms with Gasteiger partial charge in [0.2, 0.25) is 5.91 Å². The number of carbonyl (C=O) groups excluding carboxylic acids is 2. The molecule has 1 saturated carbocycles. The van der Waals surface area contributed by atoms with E-state index in [2.05, 4.69) is 24.0 Å². The van der Waals surface area contributed by atoms with E-state index in [-0.39, 0.29) is 18.4 Å². The van der Waals surface area contributed by atoms with Gasteiger partial charge in [0.25, 0.3) is 5.91 Å². The van der Waals surface area contributed by atoms with Crippen molar-refractivity contribution in [3.8, 4) is 0 Å². The molecule has 0 spiro atoms. The van der Waals surface area contributed by atoms with Crippen molar-refractivity contribution >= 4 is 17.6 Å². The van der Waals surface area contributed by atoms with Gasteiger partial charge in [0.15, 0.2) is 5.69 Å². The van der Waals surface area contributed by atoms with Gasteiger partial charge in [0.05, 0.1) is 6.54 Å². The predicted octanol–water partition coefficient (Wildman–Crippen LogP) is 3.25. The van der Waals surface area contributed by atoms with Crippen molar-refractivity contribution in [2.75, 3.05) is 18.5 Å². The number of aromatic nitrogens is 3. The van der Waals surface area contributed by atoms with Crippen LogP contribution < -0.4 is 4.90 Å². The van der Waals surface area contributed by atoms with E-state index in [4.69, 9.17) is 9.51 Å². The molecule has 0 unspecified atom stereocenters. The Labute approximate surface area is 176 Å². The molecule has 2 aromatic rings. The van der Waals surface area contributed by atoms with Crippen molar-refractivity contribution in [1.29, 1.82) is 0 Å². The highest BCUT2D eigenvalue weighted by Crippen LogP contribution is 2.40. The van der Waals surface area contributed by atoms with Crippen LogP contribution in [0.15, 0.2) is 10.6 Å². The summed E-state index contributed by atoms with van der Waals surface area (Å²) in [6, 6.07) is 1.74. The summed E-state index contributed by atoms with van der Waals surface area (Å²) in [6.07, 6.45) is 4.25. The molecule has 2 aromatic heterocycles. The van der Waals surface area contributed by atoms with E-state index >= 15 is 0 Å². The SMILES string of the molecule is Cc1nc(CN(C)C(=O)c2cc(C3CC3)on2)nc2c1CCC(=O)N2CCC(C)C. The van der Waals surface area contributed by atoms with E-state index in [1.807, 2.05) is 6.92 Å². The van der Waals surface area contributed by atoms with Crippen LogP contribution in [0.2, 0.25) is 0 Å². The molecule has 0 atom stereocenters. The smallest absolute Gasteiger partial charge is 0.276 e. The fourth-order valence-corrected chi connectivity index (χ4v) is 3.76. The highest BCUT2D eigenvalue weighted by molar-refractivity contribution is 5.95. The summed E-state index contributed by atoms with van der Waals surface area (Å²) in [6.45, 7) is 7.12. The lowest BCUT2D eigenvalue weighted by molar-refractivity contribution is -0.119. The standard InChI is InChI=1S/C22H29N5O3/c1-13(2)9-10-27-20(28)8-7-16-14(3)23-19(24-21(16)27)12-26(4)22(29)17-11-18(30-25-17)15-5-6-15/h11,13,15H,5-10,12H2,1-4H3. The van der Waals surface area contributed by atoms with Crippen LogP contribution >= 0.6 is 0 Å². The lowest BCUT2D eigenvalue weighted by atomic mass is 10.0. The molecule has 1 aliphatic heterocycles. The van der Waals surface area contributed by atoms with Crippen LogP contribution in [0.4, 0.5) is 5.82 Å². The molecule has 0 N–H and O–H groups in total. The van der Waals surface area contributed by atoms with E-state index in [9.17, 15) is 9.59 Å². The zero-order chi connectivity index (χ0) is 21.4. The Bertz CT molecular complexity index is 964. The largest absolute Gasteiger partial charge is 0.360 e. The Kier molecular flexibility index (Phi) is 5.58. The van der Waals surface area contributed by atoms with Crippen molar-refractivity contribution in [2.24, 2.45) is 5.92 Å². The number of carbonyl (C=O) groups is 2. The molecule has 1 aliphatic carbocycles. The fourth-order valence-electron chi connectivity index (χ4n) is 3.76. The van der Waals surface area contributed by atoms with Crippen LogP contribution in [0.1, 0.15) is 78.8 Å². The average Bonchev–Trinajstić information content (AvgIpc) is 3.43. The van der Waals surface area contributed by atoms with Gasteiger partial charge in [0.1, 0.15) is 17.4 Å². The Morgan fingerprint density at radius 2 is 2.07 bits per heavy atom. The summed E-state index contributed by atoms with van der Waals surface area (Å²) in [7, 11) is 1.70. The Hall–Kier alpha value is -2.77. The maximum atomic E-state index is 12.8. The number of hydrogen-bond acceptors (Lipinski definition) is 6. The first-order valence-electron chi connectivity index (χ1n) is 10.7. The maximum Gasteiger partial charge on any atom is 0.276 e. The molecule has 2 amide bonds. The highest BCUT2D eigenvalue weighted by atomic mass is 16.5. The van der Waals surface area contributed by atoms with E-state index in [0.717, 1.165) is 36.3 Å². The van der Waals surface area contributed by atoms with Crippen molar-refractivity contribution in [3.63, 3.8) is 0 Å². The molecule has 8 heteroatoms. The van der Waals surface area contributed by atoms with Crippen molar-refractivity contribution in [1.82, 2.24) is 20.0 Å². The fraction of sp³-hybridized carbons (Fsp3) is 0.591. The quantitative estimate of drug-likeness (QED) is 0.694. The zero-order valence-electron chi connectivity index (χ0n) is 18.1. The molecule has 4 rings (SSSR count). The third kappa shape index (κ3) is 4.22. The van der Waals surface area contributed by atoms with Gasteiger partial charge in [-0.05, 0) is 38.5 Å². The van der Waals surface area contributed by atoms with Crippen molar-refractivity contribution in [2.45, 2.75) is 65.3 Å². The summed E-state index contributed by atoms with van der Waals surface area (Å²) in [5.74, 6) is 2.80. The van der Waals surface area contributed by atoms with Gasteiger partial charge in [-0.3, -0.25) is 14.5 Å². The predicted molar refractivity (Wildman–Crippen MR) is 111 cm³/mol. The summed E-state index contributed by atoms with van der Waals surface area (Å²) >= 11 is 0. The highest BCUT2D eigenvalue weighted by Gasteiger charge is 2.30. The molecule has 8 nitrogen and oxygen atoms in total. The van der Waals surface area contributed by atoms with Crippen LogP contribution in [0.25, 0.3) is 0 Å². The Morgan fingerprint density at radius 3 is 2.77 bits per heavy atom. The maximum absolute atomic E-state index is 12.8. The normalized spacial score (nSPS) is 16.2. The third-order valence-corrected chi connectivity index (χ3v) is 5.77. The number of fused-ring (bicyclic) bond motifs is 1. The summed E-state index contributed by atoms with van der Waals surface area (Å²) in [4.78, 5) is 38.0. The monoisotopic (exact) mass is 411 g/mol. The van der Waals surface area contributed by atoms with Gasteiger partial charge in [-0.1, -0.05) is 19.0 Å². The first-order valence-corrected chi connectivity index (χ1v) is 10.7. The van der Waals surface area contributed by atoms with Gasteiger partial charge in [-0.2, -0.15) is 0 Å². The van der Waals surface area contributed by atoms with E-state index in [0.29, 0.717) is 48.6 Å². The summed E-state index contributed by atoms with van der Waals surface area (Å²) < 4.78 is 5.30. The minimum Gasteiger partial charge on any atom is -0.360 e. The van der Waals surface area contributed by atoms with Gasteiger partial charge in [-0.25, -0.2) is 9.97 Å². The van der Waals surface area contributed by atoms with Crippen LogP contribution in [-0.4, -0.2) is 45.4 Å². The second kappa shape index (κ2) is 8.16. The number of rotatable bonds is 7. The molecular weight excluding hydrogens is 382 g/mol. The molecule has 0 bridgehead atoms. The first-order chi connectivity index (χ1) is 14.3. The van der Waals surface area contributed by atoms with Crippen LogP contribution in [0.3, 0.4) is 0 Å². The molecule has 160 valence electrons. The molecule has 3 heterocycles. The number of anilines is 1. The second-order valence-corrected chi connectivity index (χ2v) is 8.81. The van der Waals surface area contributed by atoms with Gasteiger partial charge in [-0.15, -0.1) is 0 Å². The minimum absolute atomic E-state index is 0.104. The van der Waals surface area contributed by atoms with Crippen molar-refractivity contribution < 1.29 is 14.1 Å². The lowest BCUT2D eigenvalue weighted by Gasteiger charge is -2.30. The number of hydrogen-bond donors (Lipinski definition) is 0. The Balaban J connectivity index is 1.53. The summed E-state index contributed by atoms with van der Waals surface area (Å²) in [5.41, 5.74) is 2.21. The minimum atomic E-state index is -0.225. The zero-order valence-corrected chi connectivity index (χ0v) is 18.1. The molecule has 30 heavy (non-hydrogen) atoms. The molecule has 0 aromatic carbocycles. The van der Waals surface area contributed by atoms with Crippen LogP contribution in [-0.2, 0) is 17.8 Å². The van der Waals surface area contributed by atoms with E-state index < -0.39 is 0 Å². The van der Waals surface area contributed by atoms with Gasteiger partial charge < -0.3 is 9.42 Å².